The van der Waals surface area contributed by atoms with Crippen LogP contribution in [0.3, 0.4) is 0 Å². The van der Waals surface area contributed by atoms with E-state index < -0.39 is 5.60 Å². The molecule has 0 spiro atoms. The highest BCUT2D eigenvalue weighted by atomic mass is 16.3. The summed E-state index contributed by atoms with van der Waals surface area (Å²) < 4.78 is 0. The zero-order valence-electron chi connectivity index (χ0n) is 10.4. The summed E-state index contributed by atoms with van der Waals surface area (Å²) >= 11 is 0. The van der Waals surface area contributed by atoms with Gasteiger partial charge < -0.3 is 10.0 Å². The molecule has 2 aliphatic rings. The van der Waals surface area contributed by atoms with E-state index in [9.17, 15) is 9.90 Å². The van der Waals surface area contributed by atoms with E-state index in [1.54, 1.807) is 0 Å². The zero-order valence-corrected chi connectivity index (χ0v) is 10.4. The molecule has 3 nitrogen and oxygen atoms in total. The Balaban J connectivity index is 1.76. The third-order valence-corrected chi connectivity index (χ3v) is 4.29. The summed E-state index contributed by atoms with van der Waals surface area (Å²) in [5.41, 5.74) is -0.620. The van der Waals surface area contributed by atoms with Crippen molar-refractivity contribution in [3.05, 3.63) is 0 Å². The molecule has 1 aliphatic heterocycles. The summed E-state index contributed by atoms with van der Waals surface area (Å²) in [5.74, 6) is 1.10. The molecule has 92 valence electrons. The van der Waals surface area contributed by atoms with Crippen LogP contribution in [0.5, 0.6) is 0 Å². The van der Waals surface area contributed by atoms with E-state index in [4.69, 9.17) is 0 Å². The van der Waals surface area contributed by atoms with E-state index in [1.807, 2.05) is 18.7 Å². The monoisotopic (exact) mass is 225 g/mol. The van der Waals surface area contributed by atoms with Gasteiger partial charge in [-0.2, -0.15) is 0 Å². The molecule has 1 amide bonds. The van der Waals surface area contributed by atoms with Gasteiger partial charge in [-0.15, -0.1) is 0 Å². The van der Waals surface area contributed by atoms with Crippen molar-refractivity contribution in [1.29, 1.82) is 0 Å². The lowest BCUT2D eigenvalue weighted by Gasteiger charge is -2.49. The second-order valence-corrected chi connectivity index (χ2v) is 5.86. The van der Waals surface area contributed by atoms with Crippen LogP contribution in [0.25, 0.3) is 0 Å². The third-order valence-electron chi connectivity index (χ3n) is 4.29. The van der Waals surface area contributed by atoms with E-state index in [0.29, 0.717) is 25.4 Å². The highest BCUT2D eigenvalue weighted by Crippen LogP contribution is 2.32. The van der Waals surface area contributed by atoms with Crippen molar-refractivity contribution in [1.82, 2.24) is 4.90 Å². The quantitative estimate of drug-likeness (QED) is 0.795. The number of hydrogen-bond donors (Lipinski definition) is 1. The maximum atomic E-state index is 11.9. The Bertz CT molecular complexity index is 263. The molecule has 0 bridgehead atoms. The number of β-amino-alcohol motifs (C(OH)–C–C–N with tert-alkyl or cyclic N) is 1. The van der Waals surface area contributed by atoms with E-state index in [2.05, 4.69) is 0 Å². The molecule has 0 aromatic carbocycles. The van der Waals surface area contributed by atoms with E-state index in [-0.39, 0.29) is 11.8 Å². The van der Waals surface area contributed by atoms with Crippen molar-refractivity contribution in [3.8, 4) is 0 Å². The molecule has 2 fully saturated rings. The minimum absolute atomic E-state index is 0.239. The molecule has 1 saturated carbocycles. The van der Waals surface area contributed by atoms with Crippen LogP contribution in [0, 0.1) is 11.8 Å². The van der Waals surface area contributed by atoms with Crippen molar-refractivity contribution >= 4 is 5.91 Å². The van der Waals surface area contributed by atoms with Gasteiger partial charge in [-0.1, -0.05) is 26.7 Å². The number of carbonyl (C=O) groups excluding carboxylic acids is 1. The van der Waals surface area contributed by atoms with Crippen LogP contribution in [0.15, 0.2) is 0 Å². The first-order valence-corrected chi connectivity index (χ1v) is 6.51. The summed E-state index contributed by atoms with van der Waals surface area (Å²) in [6.07, 6.45) is 5.71. The van der Waals surface area contributed by atoms with Gasteiger partial charge in [-0.25, -0.2) is 0 Å². The minimum Gasteiger partial charge on any atom is -0.386 e. The Morgan fingerprint density at radius 3 is 2.44 bits per heavy atom. The molecule has 1 saturated heterocycles. The Labute approximate surface area is 97.8 Å². The fourth-order valence-corrected chi connectivity index (χ4v) is 2.75. The lowest BCUT2D eigenvalue weighted by molar-refractivity contribution is -0.164. The molecule has 0 radical (unpaired) electrons. The Kier molecular flexibility index (Phi) is 3.24. The normalized spacial score (nSPS) is 24.9. The SMILES string of the molecule is CC(C)C1(O)CN(C(=O)CC2CCCC2)C1. The highest BCUT2D eigenvalue weighted by Gasteiger charge is 2.45. The average Bonchev–Trinajstić information content (AvgIpc) is 2.64. The summed E-state index contributed by atoms with van der Waals surface area (Å²) in [6.45, 7) is 5.10. The van der Waals surface area contributed by atoms with Crippen LogP contribution < -0.4 is 0 Å². The van der Waals surface area contributed by atoms with Gasteiger partial charge in [0.2, 0.25) is 5.91 Å². The van der Waals surface area contributed by atoms with Crippen LogP contribution >= 0.6 is 0 Å². The topological polar surface area (TPSA) is 40.5 Å². The van der Waals surface area contributed by atoms with Crippen LogP contribution in [-0.4, -0.2) is 34.6 Å². The second-order valence-electron chi connectivity index (χ2n) is 5.86. The van der Waals surface area contributed by atoms with E-state index in [1.165, 1.54) is 25.7 Å². The lowest BCUT2D eigenvalue weighted by atomic mass is 9.82. The number of nitrogens with zero attached hydrogens (tertiary/aromatic N) is 1. The summed E-state index contributed by atoms with van der Waals surface area (Å²) in [4.78, 5) is 13.7. The first kappa shape index (κ1) is 11.9. The fraction of sp³-hybridized carbons (Fsp3) is 0.923. The molecule has 0 aromatic rings. The summed E-state index contributed by atoms with van der Waals surface area (Å²) in [7, 11) is 0. The number of amides is 1. The average molecular weight is 225 g/mol. The number of likely N-dealkylation sites (tertiary alicyclic amines) is 1. The predicted molar refractivity (Wildman–Crippen MR) is 62.9 cm³/mol. The van der Waals surface area contributed by atoms with Crippen molar-refractivity contribution in [2.45, 2.75) is 51.6 Å². The van der Waals surface area contributed by atoms with Crippen molar-refractivity contribution < 1.29 is 9.90 Å². The van der Waals surface area contributed by atoms with Gasteiger partial charge in [0.1, 0.15) is 5.60 Å². The molecule has 1 N–H and O–H groups in total. The lowest BCUT2D eigenvalue weighted by Crippen LogP contribution is -2.66. The first-order chi connectivity index (χ1) is 7.51. The van der Waals surface area contributed by atoms with Gasteiger partial charge in [0.15, 0.2) is 0 Å². The van der Waals surface area contributed by atoms with Crippen LogP contribution in [0.4, 0.5) is 0 Å². The van der Waals surface area contributed by atoms with Gasteiger partial charge >= 0.3 is 0 Å². The van der Waals surface area contributed by atoms with Crippen LogP contribution in [0.2, 0.25) is 0 Å². The van der Waals surface area contributed by atoms with Gasteiger partial charge in [-0.3, -0.25) is 4.79 Å². The van der Waals surface area contributed by atoms with Crippen molar-refractivity contribution in [2.75, 3.05) is 13.1 Å². The zero-order chi connectivity index (χ0) is 11.8. The summed E-state index contributed by atoms with van der Waals surface area (Å²) in [5, 5.41) is 10.1. The smallest absolute Gasteiger partial charge is 0.223 e. The molecule has 0 unspecified atom stereocenters. The first-order valence-electron chi connectivity index (χ1n) is 6.51. The Morgan fingerprint density at radius 1 is 1.38 bits per heavy atom. The van der Waals surface area contributed by atoms with Crippen LogP contribution in [-0.2, 0) is 4.79 Å². The molecular weight excluding hydrogens is 202 g/mol. The van der Waals surface area contributed by atoms with Crippen molar-refractivity contribution in [3.63, 3.8) is 0 Å². The van der Waals surface area contributed by atoms with Gasteiger partial charge in [0.25, 0.3) is 0 Å². The molecule has 3 heteroatoms. The third kappa shape index (κ3) is 2.24. The van der Waals surface area contributed by atoms with Crippen LogP contribution in [0.1, 0.15) is 46.0 Å². The maximum Gasteiger partial charge on any atom is 0.223 e. The molecular formula is C13H23NO2. The Hall–Kier alpha value is -0.570. The molecule has 0 atom stereocenters. The maximum absolute atomic E-state index is 11.9. The minimum atomic E-state index is -0.620. The molecule has 0 aromatic heterocycles. The largest absolute Gasteiger partial charge is 0.386 e. The molecule has 1 heterocycles. The predicted octanol–water partition coefficient (Wildman–Crippen LogP) is 1.80. The standard InChI is InChI=1S/C13H23NO2/c1-10(2)13(16)8-14(9-13)12(15)7-11-5-3-4-6-11/h10-11,16H,3-9H2,1-2H3. The van der Waals surface area contributed by atoms with Gasteiger partial charge in [0.05, 0.1) is 13.1 Å². The van der Waals surface area contributed by atoms with E-state index in [0.717, 1.165) is 0 Å². The van der Waals surface area contributed by atoms with Crippen molar-refractivity contribution in [2.24, 2.45) is 11.8 Å². The van der Waals surface area contributed by atoms with E-state index >= 15 is 0 Å². The molecule has 1 aliphatic carbocycles. The number of carbonyl (C=O) groups is 1. The number of aliphatic hydroxyl groups is 1. The number of hydrogen-bond acceptors (Lipinski definition) is 2. The fourth-order valence-electron chi connectivity index (χ4n) is 2.75. The molecule has 16 heavy (non-hydrogen) atoms. The summed E-state index contributed by atoms with van der Waals surface area (Å²) in [6, 6.07) is 0. The highest BCUT2D eigenvalue weighted by molar-refractivity contribution is 5.77. The number of rotatable bonds is 3. The van der Waals surface area contributed by atoms with Gasteiger partial charge in [0, 0.05) is 6.42 Å². The molecule has 2 rings (SSSR count). The second kappa shape index (κ2) is 4.36. The Morgan fingerprint density at radius 2 is 1.94 bits per heavy atom. The van der Waals surface area contributed by atoms with Gasteiger partial charge in [-0.05, 0) is 24.7 Å².